The third-order valence-electron chi connectivity index (χ3n) is 4.52. The Labute approximate surface area is 124 Å². The molecule has 1 fully saturated rings. The van der Waals surface area contributed by atoms with Gasteiger partial charge in [0, 0.05) is 18.7 Å². The summed E-state index contributed by atoms with van der Waals surface area (Å²) in [5.74, 6) is -0.680. The SMILES string of the molecule is CCCC1(C(=O)O)CCN(C(C)c2cc(O)cc(O)c2)C1. The van der Waals surface area contributed by atoms with Gasteiger partial charge in [0.05, 0.1) is 5.41 Å². The van der Waals surface area contributed by atoms with Crippen LogP contribution >= 0.6 is 0 Å². The molecule has 0 aliphatic carbocycles. The minimum absolute atomic E-state index is 0.0223. The van der Waals surface area contributed by atoms with Gasteiger partial charge in [0.1, 0.15) is 11.5 Å². The Bertz CT molecular complexity index is 511. The lowest BCUT2D eigenvalue weighted by molar-refractivity contribution is -0.148. The van der Waals surface area contributed by atoms with E-state index in [-0.39, 0.29) is 17.5 Å². The number of benzene rings is 1. The average molecular weight is 293 g/mol. The summed E-state index contributed by atoms with van der Waals surface area (Å²) in [6.07, 6.45) is 2.17. The minimum Gasteiger partial charge on any atom is -0.508 e. The lowest BCUT2D eigenvalue weighted by atomic mass is 9.82. The first-order valence-corrected chi connectivity index (χ1v) is 7.38. The molecular formula is C16H23NO4. The van der Waals surface area contributed by atoms with Crippen LogP contribution in [0.4, 0.5) is 0 Å². The largest absolute Gasteiger partial charge is 0.508 e. The topological polar surface area (TPSA) is 81.0 Å². The van der Waals surface area contributed by atoms with E-state index in [4.69, 9.17) is 0 Å². The summed E-state index contributed by atoms with van der Waals surface area (Å²) < 4.78 is 0. The van der Waals surface area contributed by atoms with Gasteiger partial charge in [-0.15, -0.1) is 0 Å². The van der Waals surface area contributed by atoms with Gasteiger partial charge in [0.15, 0.2) is 0 Å². The summed E-state index contributed by atoms with van der Waals surface area (Å²) in [6.45, 7) is 5.19. The van der Waals surface area contributed by atoms with Crippen molar-refractivity contribution in [2.24, 2.45) is 5.41 Å². The lowest BCUT2D eigenvalue weighted by Gasteiger charge is -2.28. The monoisotopic (exact) mass is 293 g/mol. The lowest BCUT2D eigenvalue weighted by Crippen LogP contribution is -2.35. The molecule has 5 nitrogen and oxygen atoms in total. The van der Waals surface area contributed by atoms with Crippen molar-refractivity contribution in [3.8, 4) is 11.5 Å². The fourth-order valence-electron chi connectivity index (χ4n) is 3.27. The van der Waals surface area contributed by atoms with Gasteiger partial charge < -0.3 is 15.3 Å². The van der Waals surface area contributed by atoms with Gasteiger partial charge >= 0.3 is 5.97 Å². The predicted octanol–water partition coefficient (Wildman–Crippen LogP) is 2.74. The first kappa shape index (κ1) is 15.6. The minimum atomic E-state index is -0.724. The zero-order valence-corrected chi connectivity index (χ0v) is 12.5. The van der Waals surface area contributed by atoms with Crippen LogP contribution in [0.15, 0.2) is 18.2 Å². The molecule has 0 amide bonds. The van der Waals surface area contributed by atoms with Gasteiger partial charge in [-0.2, -0.15) is 0 Å². The van der Waals surface area contributed by atoms with E-state index >= 15 is 0 Å². The third-order valence-corrected chi connectivity index (χ3v) is 4.52. The standard InChI is InChI=1S/C16H23NO4/c1-3-4-16(15(20)21)5-6-17(10-16)11(2)12-7-13(18)9-14(19)8-12/h7-9,11,18-19H,3-6,10H2,1-2H3,(H,20,21). The van der Waals surface area contributed by atoms with Crippen molar-refractivity contribution in [2.45, 2.75) is 39.2 Å². The first-order valence-electron chi connectivity index (χ1n) is 7.38. The van der Waals surface area contributed by atoms with Crippen molar-refractivity contribution in [3.05, 3.63) is 23.8 Å². The number of nitrogens with zero attached hydrogens (tertiary/aromatic N) is 1. The summed E-state index contributed by atoms with van der Waals surface area (Å²) in [5.41, 5.74) is 0.132. The summed E-state index contributed by atoms with van der Waals surface area (Å²) in [5, 5.41) is 28.7. The van der Waals surface area contributed by atoms with E-state index in [0.717, 1.165) is 12.0 Å². The average Bonchev–Trinajstić information content (AvgIpc) is 2.83. The van der Waals surface area contributed by atoms with Gasteiger partial charge in [-0.3, -0.25) is 9.69 Å². The van der Waals surface area contributed by atoms with Crippen molar-refractivity contribution in [1.82, 2.24) is 4.90 Å². The fourth-order valence-corrected chi connectivity index (χ4v) is 3.27. The molecule has 1 saturated heterocycles. The highest BCUT2D eigenvalue weighted by atomic mass is 16.4. The number of hydrogen-bond acceptors (Lipinski definition) is 4. The van der Waals surface area contributed by atoms with Crippen LogP contribution in [-0.4, -0.2) is 39.3 Å². The van der Waals surface area contributed by atoms with Gasteiger partial charge in [0.2, 0.25) is 0 Å². The van der Waals surface area contributed by atoms with E-state index in [1.807, 2.05) is 13.8 Å². The van der Waals surface area contributed by atoms with Crippen LogP contribution in [0, 0.1) is 5.41 Å². The molecule has 21 heavy (non-hydrogen) atoms. The number of hydrogen-bond donors (Lipinski definition) is 3. The molecule has 1 heterocycles. The second kappa shape index (κ2) is 5.93. The van der Waals surface area contributed by atoms with Crippen LogP contribution in [0.3, 0.4) is 0 Å². The van der Waals surface area contributed by atoms with Gasteiger partial charge in [0.25, 0.3) is 0 Å². The summed E-state index contributed by atoms with van der Waals surface area (Å²) in [4.78, 5) is 13.7. The normalized spacial score (nSPS) is 24.1. The zero-order valence-electron chi connectivity index (χ0n) is 12.5. The van der Waals surface area contributed by atoms with E-state index in [2.05, 4.69) is 4.90 Å². The molecule has 0 saturated carbocycles. The van der Waals surface area contributed by atoms with Crippen LogP contribution in [-0.2, 0) is 4.79 Å². The Hall–Kier alpha value is -1.75. The summed E-state index contributed by atoms with van der Waals surface area (Å²) >= 11 is 0. The summed E-state index contributed by atoms with van der Waals surface area (Å²) in [6, 6.07) is 4.48. The Morgan fingerprint density at radius 1 is 1.33 bits per heavy atom. The molecule has 1 aromatic carbocycles. The first-order chi connectivity index (χ1) is 9.88. The molecule has 1 aliphatic rings. The quantitative estimate of drug-likeness (QED) is 0.777. The van der Waals surface area contributed by atoms with Crippen LogP contribution in [0.25, 0.3) is 0 Å². The number of carbonyl (C=O) groups is 1. The highest BCUT2D eigenvalue weighted by molar-refractivity contribution is 5.75. The second-order valence-electron chi connectivity index (χ2n) is 6.01. The maximum absolute atomic E-state index is 11.6. The Balaban J connectivity index is 2.18. The van der Waals surface area contributed by atoms with Gasteiger partial charge in [-0.1, -0.05) is 13.3 Å². The van der Waals surface area contributed by atoms with Crippen molar-refractivity contribution in [2.75, 3.05) is 13.1 Å². The molecule has 116 valence electrons. The molecule has 0 bridgehead atoms. The molecule has 1 aromatic rings. The van der Waals surface area contributed by atoms with E-state index in [9.17, 15) is 20.1 Å². The predicted molar refractivity (Wildman–Crippen MR) is 79.4 cm³/mol. The van der Waals surface area contributed by atoms with Gasteiger partial charge in [-0.05, 0) is 44.0 Å². The smallest absolute Gasteiger partial charge is 0.310 e. The summed E-state index contributed by atoms with van der Waals surface area (Å²) in [7, 11) is 0. The number of carboxylic acids is 1. The van der Waals surface area contributed by atoms with E-state index in [0.29, 0.717) is 25.9 Å². The Kier molecular flexibility index (Phi) is 4.42. The molecule has 0 aromatic heterocycles. The van der Waals surface area contributed by atoms with E-state index in [1.54, 1.807) is 12.1 Å². The Morgan fingerprint density at radius 3 is 2.48 bits per heavy atom. The fraction of sp³-hybridized carbons (Fsp3) is 0.562. The maximum atomic E-state index is 11.6. The number of phenols is 2. The van der Waals surface area contributed by atoms with Crippen LogP contribution in [0.2, 0.25) is 0 Å². The highest BCUT2D eigenvalue weighted by Gasteiger charge is 2.45. The number of carboxylic acid groups (broad SMARTS) is 1. The molecule has 2 unspecified atom stereocenters. The van der Waals surface area contributed by atoms with Crippen molar-refractivity contribution in [3.63, 3.8) is 0 Å². The van der Waals surface area contributed by atoms with Crippen LogP contribution < -0.4 is 0 Å². The maximum Gasteiger partial charge on any atom is 0.310 e. The van der Waals surface area contributed by atoms with Crippen molar-refractivity contribution < 1.29 is 20.1 Å². The van der Waals surface area contributed by atoms with E-state index in [1.165, 1.54) is 6.07 Å². The highest BCUT2D eigenvalue weighted by Crippen LogP contribution is 2.40. The van der Waals surface area contributed by atoms with Crippen molar-refractivity contribution >= 4 is 5.97 Å². The van der Waals surface area contributed by atoms with Crippen LogP contribution in [0.1, 0.15) is 44.7 Å². The number of likely N-dealkylation sites (tertiary alicyclic amines) is 1. The second-order valence-corrected chi connectivity index (χ2v) is 6.01. The molecule has 0 spiro atoms. The molecular weight excluding hydrogens is 270 g/mol. The molecule has 5 heteroatoms. The number of phenolic OH excluding ortho intramolecular Hbond substituents is 2. The Morgan fingerprint density at radius 2 is 1.95 bits per heavy atom. The molecule has 2 atom stereocenters. The molecule has 3 N–H and O–H groups in total. The zero-order chi connectivity index (χ0) is 15.6. The van der Waals surface area contributed by atoms with Gasteiger partial charge in [-0.25, -0.2) is 0 Å². The molecule has 1 aliphatic heterocycles. The number of aliphatic carboxylic acids is 1. The third kappa shape index (κ3) is 3.13. The number of rotatable bonds is 5. The van der Waals surface area contributed by atoms with E-state index < -0.39 is 11.4 Å². The molecule has 2 rings (SSSR count). The molecule has 0 radical (unpaired) electrons. The van der Waals surface area contributed by atoms with Crippen molar-refractivity contribution in [1.29, 1.82) is 0 Å². The number of aromatic hydroxyl groups is 2. The van der Waals surface area contributed by atoms with Crippen LogP contribution in [0.5, 0.6) is 11.5 Å².